The Kier molecular flexibility index (Phi) is 4.58. The highest BCUT2D eigenvalue weighted by molar-refractivity contribution is 4.82. The Hall–Kier alpha value is -0.160. The van der Waals surface area contributed by atoms with E-state index in [0.29, 0.717) is 19.3 Å². The smallest absolute Gasteiger partial charge is 0.0624 e. The maximum atomic E-state index is 9.89. The summed E-state index contributed by atoms with van der Waals surface area (Å²) >= 11 is 0. The fourth-order valence-electron chi connectivity index (χ4n) is 2.77. The zero-order valence-corrected chi connectivity index (χ0v) is 9.85. The topological polar surface area (TPSA) is 52.9 Å². The summed E-state index contributed by atoms with van der Waals surface area (Å²) in [6.45, 7) is 3.50. The third-order valence-electron chi connectivity index (χ3n) is 3.86. The quantitative estimate of drug-likeness (QED) is 0.727. The van der Waals surface area contributed by atoms with Crippen molar-refractivity contribution in [3.8, 4) is 0 Å². The van der Waals surface area contributed by atoms with Gasteiger partial charge in [-0.3, -0.25) is 4.90 Å². The average Bonchev–Trinajstić information content (AvgIpc) is 2.33. The van der Waals surface area contributed by atoms with Gasteiger partial charge in [0, 0.05) is 25.1 Å². The highest BCUT2D eigenvalue weighted by Crippen LogP contribution is 2.22. The van der Waals surface area contributed by atoms with Crippen LogP contribution in [0.15, 0.2) is 0 Å². The monoisotopic (exact) mass is 229 g/mol. The first kappa shape index (κ1) is 12.3. The molecule has 4 heteroatoms. The number of aliphatic hydroxyl groups is 2. The molecule has 3 unspecified atom stereocenters. The number of piperidine rings is 1. The molecule has 0 bridgehead atoms. The van der Waals surface area contributed by atoms with Crippen LogP contribution in [-0.4, -0.2) is 60.2 Å². The zero-order valence-electron chi connectivity index (χ0n) is 9.85. The number of aliphatic hydroxyl groups excluding tert-OH is 2. The Labute approximate surface area is 97.2 Å². The number of ether oxygens (including phenoxy) is 1. The molecule has 2 aliphatic rings. The number of hydrogen-bond acceptors (Lipinski definition) is 4. The second kappa shape index (κ2) is 5.96. The predicted molar refractivity (Wildman–Crippen MR) is 61.2 cm³/mol. The van der Waals surface area contributed by atoms with Crippen LogP contribution in [0, 0.1) is 5.92 Å². The molecular formula is C12H23NO3. The van der Waals surface area contributed by atoms with Crippen LogP contribution >= 0.6 is 0 Å². The van der Waals surface area contributed by atoms with Crippen molar-refractivity contribution in [3.63, 3.8) is 0 Å². The van der Waals surface area contributed by atoms with E-state index in [2.05, 4.69) is 4.90 Å². The molecule has 4 nitrogen and oxygen atoms in total. The van der Waals surface area contributed by atoms with Crippen LogP contribution in [-0.2, 0) is 4.74 Å². The molecule has 2 saturated heterocycles. The minimum Gasteiger partial charge on any atom is -0.395 e. The van der Waals surface area contributed by atoms with E-state index in [1.165, 1.54) is 12.8 Å². The molecular weight excluding hydrogens is 206 g/mol. The first-order chi connectivity index (χ1) is 7.81. The number of rotatable bonds is 3. The molecule has 16 heavy (non-hydrogen) atoms. The van der Waals surface area contributed by atoms with E-state index < -0.39 is 0 Å². The summed E-state index contributed by atoms with van der Waals surface area (Å²) in [5, 5.41) is 19.2. The van der Waals surface area contributed by atoms with E-state index >= 15 is 0 Å². The molecule has 2 N–H and O–H groups in total. The van der Waals surface area contributed by atoms with Gasteiger partial charge in [0.15, 0.2) is 0 Å². The van der Waals surface area contributed by atoms with Crippen molar-refractivity contribution in [2.75, 3.05) is 32.9 Å². The molecule has 0 aromatic carbocycles. The van der Waals surface area contributed by atoms with E-state index in [0.717, 1.165) is 25.9 Å². The molecule has 2 heterocycles. The Morgan fingerprint density at radius 3 is 2.88 bits per heavy atom. The normalized spacial score (nSPS) is 37.5. The zero-order chi connectivity index (χ0) is 11.4. The standard InChI is InChI=1S/C12H23NO3/c14-8-11-3-1-2-5-13(11)7-10-9-16-6-4-12(10)15/h10-12,14-15H,1-9H2. The van der Waals surface area contributed by atoms with Crippen molar-refractivity contribution in [1.82, 2.24) is 4.90 Å². The minimum absolute atomic E-state index is 0.223. The van der Waals surface area contributed by atoms with Crippen molar-refractivity contribution in [3.05, 3.63) is 0 Å². The van der Waals surface area contributed by atoms with E-state index in [9.17, 15) is 10.2 Å². The van der Waals surface area contributed by atoms with Crippen molar-refractivity contribution in [2.45, 2.75) is 37.8 Å². The van der Waals surface area contributed by atoms with Crippen LogP contribution in [0.4, 0.5) is 0 Å². The van der Waals surface area contributed by atoms with Gasteiger partial charge in [0.05, 0.1) is 19.3 Å². The van der Waals surface area contributed by atoms with Crippen LogP contribution in [0.5, 0.6) is 0 Å². The maximum absolute atomic E-state index is 9.89. The van der Waals surface area contributed by atoms with Crippen LogP contribution in [0.2, 0.25) is 0 Å². The van der Waals surface area contributed by atoms with Gasteiger partial charge in [-0.1, -0.05) is 6.42 Å². The van der Waals surface area contributed by atoms with Gasteiger partial charge < -0.3 is 14.9 Å². The third-order valence-corrected chi connectivity index (χ3v) is 3.86. The van der Waals surface area contributed by atoms with Gasteiger partial charge >= 0.3 is 0 Å². The largest absolute Gasteiger partial charge is 0.395 e. The molecule has 2 rings (SSSR count). The van der Waals surface area contributed by atoms with E-state index in [1.54, 1.807) is 0 Å². The maximum Gasteiger partial charge on any atom is 0.0624 e. The molecule has 94 valence electrons. The van der Waals surface area contributed by atoms with Gasteiger partial charge in [-0.25, -0.2) is 0 Å². The summed E-state index contributed by atoms with van der Waals surface area (Å²) in [6.07, 6.45) is 4.03. The predicted octanol–water partition coefficient (Wildman–Crippen LogP) is 0.231. The molecule has 0 saturated carbocycles. The highest BCUT2D eigenvalue weighted by Gasteiger charge is 2.29. The molecule has 3 atom stereocenters. The number of nitrogens with zero attached hydrogens (tertiary/aromatic N) is 1. The van der Waals surface area contributed by atoms with Crippen LogP contribution in [0.3, 0.4) is 0 Å². The fourth-order valence-corrected chi connectivity index (χ4v) is 2.77. The first-order valence-corrected chi connectivity index (χ1v) is 6.42. The Balaban J connectivity index is 1.86. The first-order valence-electron chi connectivity index (χ1n) is 6.42. The minimum atomic E-state index is -0.227. The molecule has 0 aromatic heterocycles. The lowest BCUT2D eigenvalue weighted by atomic mass is 9.95. The molecule has 0 spiro atoms. The summed E-state index contributed by atoms with van der Waals surface area (Å²) in [5.41, 5.74) is 0. The molecule has 2 fully saturated rings. The lowest BCUT2D eigenvalue weighted by Gasteiger charge is -2.39. The van der Waals surface area contributed by atoms with E-state index in [1.807, 2.05) is 0 Å². The van der Waals surface area contributed by atoms with Crippen LogP contribution < -0.4 is 0 Å². The Morgan fingerprint density at radius 1 is 1.25 bits per heavy atom. The highest BCUT2D eigenvalue weighted by atomic mass is 16.5. The molecule has 0 amide bonds. The summed E-state index contributed by atoms with van der Waals surface area (Å²) in [4.78, 5) is 2.33. The summed E-state index contributed by atoms with van der Waals surface area (Å²) < 4.78 is 5.41. The van der Waals surface area contributed by atoms with Crippen molar-refractivity contribution in [1.29, 1.82) is 0 Å². The molecule has 0 aliphatic carbocycles. The van der Waals surface area contributed by atoms with Gasteiger partial charge in [0.2, 0.25) is 0 Å². The van der Waals surface area contributed by atoms with E-state index in [-0.39, 0.29) is 18.6 Å². The average molecular weight is 229 g/mol. The van der Waals surface area contributed by atoms with Gasteiger partial charge in [-0.2, -0.15) is 0 Å². The van der Waals surface area contributed by atoms with Gasteiger partial charge in [-0.05, 0) is 25.8 Å². The third kappa shape index (κ3) is 2.94. The van der Waals surface area contributed by atoms with Crippen molar-refractivity contribution < 1.29 is 14.9 Å². The van der Waals surface area contributed by atoms with Crippen LogP contribution in [0.25, 0.3) is 0 Å². The number of hydrogen-bond donors (Lipinski definition) is 2. The lowest BCUT2D eigenvalue weighted by molar-refractivity contribution is -0.0562. The van der Waals surface area contributed by atoms with E-state index in [4.69, 9.17) is 4.74 Å². The van der Waals surface area contributed by atoms with Crippen molar-refractivity contribution >= 4 is 0 Å². The summed E-state index contributed by atoms with van der Waals surface area (Å²) in [7, 11) is 0. The summed E-state index contributed by atoms with van der Waals surface area (Å²) in [5.74, 6) is 0.223. The summed E-state index contributed by atoms with van der Waals surface area (Å²) in [6, 6.07) is 0.294. The van der Waals surface area contributed by atoms with Gasteiger partial charge in [0.1, 0.15) is 0 Å². The Bertz CT molecular complexity index is 212. The Morgan fingerprint density at radius 2 is 2.12 bits per heavy atom. The van der Waals surface area contributed by atoms with Gasteiger partial charge in [0.25, 0.3) is 0 Å². The second-order valence-corrected chi connectivity index (χ2v) is 5.02. The van der Waals surface area contributed by atoms with Gasteiger partial charge in [-0.15, -0.1) is 0 Å². The number of likely N-dealkylation sites (tertiary alicyclic amines) is 1. The van der Waals surface area contributed by atoms with Crippen LogP contribution in [0.1, 0.15) is 25.7 Å². The molecule has 0 aromatic rings. The molecule has 2 aliphatic heterocycles. The SMILES string of the molecule is OCC1CCCCN1CC1COCCC1O. The van der Waals surface area contributed by atoms with Crippen molar-refractivity contribution in [2.24, 2.45) is 5.92 Å². The molecule has 0 radical (unpaired) electrons. The lowest BCUT2D eigenvalue weighted by Crippen LogP contribution is -2.48. The fraction of sp³-hybridized carbons (Fsp3) is 1.00. The second-order valence-electron chi connectivity index (χ2n) is 5.02.